The topological polar surface area (TPSA) is 77.1 Å². The molecule has 0 radical (unpaired) electrons. The monoisotopic (exact) mass is 254 g/mol. The van der Waals surface area contributed by atoms with Gasteiger partial charge in [0.05, 0.1) is 24.3 Å². The Labute approximate surface area is 111 Å². The summed E-state index contributed by atoms with van der Waals surface area (Å²) in [6.07, 6.45) is -0.485. The summed E-state index contributed by atoms with van der Waals surface area (Å²) >= 11 is 0. The number of hydrogen-bond donors (Lipinski definition) is 2. The van der Waals surface area contributed by atoms with E-state index in [-0.39, 0.29) is 6.42 Å². The summed E-state index contributed by atoms with van der Waals surface area (Å²) in [5.74, 6) is 0. The van der Waals surface area contributed by atoms with Crippen molar-refractivity contribution < 1.29 is 10.2 Å². The van der Waals surface area contributed by atoms with Crippen LogP contribution in [0.15, 0.2) is 48.7 Å². The molecule has 2 N–H and O–H groups in total. The molecule has 4 nitrogen and oxygen atoms in total. The Morgan fingerprint density at radius 2 is 1.84 bits per heavy atom. The van der Waals surface area contributed by atoms with Crippen LogP contribution in [0.2, 0.25) is 0 Å². The van der Waals surface area contributed by atoms with Gasteiger partial charge in [0, 0.05) is 11.8 Å². The summed E-state index contributed by atoms with van der Waals surface area (Å²) in [5.41, 5.74) is 2.37. The highest BCUT2D eigenvalue weighted by Gasteiger charge is 2.17. The first kappa shape index (κ1) is 13.2. The minimum atomic E-state index is -1.06. The summed E-state index contributed by atoms with van der Waals surface area (Å²) in [6, 6.07) is 14.6. The molecule has 2 aromatic rings. The van der Waals surface area contributed by atoms with Crippen LogP contribution >= 0.6 is 0 Å². The Balaban J connectivity index is 2.17. The smallest absolute Gasteiger partial charge is 0.106 e. The summed E-state index contributed by atoms with van der Waals surface area (Å²) in [7, 11) is 0. The average Bonchev–Trinajstić information content (AvgIpc) is 2.48. The van der Waals surface area contributed by atoms with E-state index in [0.29, 0.717) is 5.56 Å². The molecule has 0 amide bonds. The van der Waals surface area contributed by atoms with Gasteiger partial charge in [-0.05, 0) is 17.7 Å². The Kier molecular flexibility index (Phi) is 4.24. The highest BCUT2D eigenvalue weighted by Crippen LogP contribution is 2.22. The van der Waals surface area contributed by atoms with Gasteiger partial charge in [-0.2, -0.15) is 5.26 Å². The normalized spacial score (nSPS) is 13.5. The molecule has 19 heavy (non-hydrogen) atoms. The van der Waals surface area contributed by atoms with Crippen molar-refractivity contribution in [2.45, 2.75) is 18.6 Å². The van der Waals surface area contributed by atoms with Crippen LogP contribution in [-0.4, -0.2) is 21.3 Å². The van der Waals surface area contributed by atoms with Gasteiger partial charge in [0.2, 0.25) is 0 Å². The summed E-state index contributed by atoms with van der Waals surface area (Å²) < 4.78 is 0. The molecule has 96 valence electrons. The second-order valence-corrected chi connectivity index (χ2v) is 4.21. The van der Waals surface area contributed by atoms with Crippen LogP contribution in [0.4, 0.5) is 0 Å². The van der Waals surface area contributed by atoms with Gasteiger partial charge in [-0.1, -0.05) is 30.3 Å². The zero-order valence-electron chi connectivity index (χ0n) is 10.3. The van der Waals surface area contributed by atoms with E-state index in [0.717, 1.165) is 11.3 Å². The van der Waals surface area contributed by atoms with Crippen LogP contribution in [0.25, 0.3) is 11.3 Å². The molecular formula is C15H14N2O2. The Morgan fingerprint density at radius 3 is 2.42 bits per heavy atom. The molecule has 0 bridgehead atoms. The third kappa shape index (κ3) is 3.16. The fourth-order valence-corrected chi connectivity index (χ4v) is 1.81. The quantitative estimate of drug-likeness (QED) is 0.875. The number of aromatic nitrogens is 1. The van der Waals surface area contributed by atoms with Crippen LogP contribution in [0.3, 0.4) is 0 Å². The highest BCUT2D eigenvalue weighted by atomic mass is 16.3. The fraction of sp³-hybridized carbons (Fsp3) is 0.200. The molecule has 0 fully saturated rings. The SMILES string of the molecule is N#CCC(O)C(O)c1ccc(-c2ccccn2)cc1. The third-order valence-electron chi connectivity index (χ3n) is 2.88. The Hall–Kier alpha value is -2.22. The molecule has 1 aromatic carbocycles. The first-order valence-corrected chi connectivity index (χ1v) is 5.97. The van der Waals surface area contributed by atoms with Gasteiger partial charge in [0.15, 0.2) is 0 Å². The molecule has 1 aromatic heterocycles. The largest absolute Gasteiger partial charge is 0.389 e. The van der Waals surface area contributed by atoms with Crippen LogP contribution < -0.4 is 0 Å². The lowest BCUT2D eigenvalue weighted by Crippen LogP contribution is -2.17. The Morgan fingerprint density at radius 1 is 1.11 bits per heavy atom. The van der Waals surface area contributed by atoms with Crippen LogP contribution in [0, 0.1) is 11.3 Å². The van der Waals surface area contributed by atoms with E-state index in [9.17, 15) is 10.2 Å². The minimum absolute atomic E-state index is 0.0941. The van der Waals surface area contributed by atoms with Crippen molar-refractivity contribution in [2.24, 2.45) is 0 Å². The zero-order valence-corrected chi connectivity index (χ0v) is 10.3. The first-order chi connectivity index (χ1) is 9.22. The summed E-state index contributed by atoms with van der Waals surface area (Å²) in [5, 5.41) is 27.9. The van der Waals surface area contributed by atoms with Crippen molar-refractivity contribution in [2.75, 3.05) is 0 Å². The van der Waals surface area contributed by atoms with Gasteiger partial charge in [0.25, 0.3) is 0 Å². The molecule has 0 saturated carbocycles. The van der Waals surface area contributed by atoms with Gasteiger partial charge in [0.1, 0.15) is 6.10 Å². The van der Waals surface area contributed by atoms with E-state index in [1.54, 1.807) is 18.3 Å². The van der Waals surface area contributed by atoms with Crippen molar-refractivity contribution in [3.8, 4) is 17.3 Å². The predicted molar refractivity (Wildman–Crippen MR) is 70.9 cm³/mol. The van der Waals surface area contributed by atoms with Gasteiger partial charge >= 0.3 is 0 Å². The summed E-state index contributed by atoms with van der Waals surface area (Å²) in [6.45, 7) is 0. The molecule has 1 heterocycles. The van der Waals surface area contributed by atoms with E-state index < -0.39 is 12.2 Å². The molecule has 2 atom stereocenters. The number of pyridine rings is 1. The van der Waals surface area contributed by atoms with E-state index in [1.165, 1.54) is 0 Å². The van der Waals surface area contributed by atoms with Crippen LogP contribution in [0.1, 0.15) is 18.1 Å². The molecule has 2 unspecified atom stereocenters. The summed E-state index contributed by atoms with van der Waals surface area (Å²) in [4.78, 5) is 4.23. The first-order valence-electron chi connectivity index (χ1n) is 5.97. The third-order valence-corrected chi connectivity index (χ3v) is 2.88. The van der Waals surface area contributed by atoms with Crippen molar-refractivity contribution in [1.82, 2.24) is 4.98 Å². The fourth-order valence-electron chi connectivity index (χ4n) is 1.81. The number of benzene rings is 1. The van der Waals surface area contributed by atoms with E-state index in [4.69, 9.17) is 5.26 Å². The van der Waals surface area contributed by atoms with Gasteiger partial charge in [-0.25, -0.2) is 0 Å². The number of hydrogen-bond acceptors (Lipinski definition) is 4. The maximum atomic E-state index is 9.86. The van der Waals surface area contributed by atoms with Crippen molar-refractivity contribution in [1.29, 1.82) is 5.26 Å². The second-order valence-electron chi connectivity index (χ2n) is 4.21. The van der Waals surface area contributed by atoms with Crippen LogP contribution in [-0.2, 0) is 0 Å². The van der Waals surface area contributed by atoms with Crippen molar-refractivity contribution >= 4 is 0 Å². The number of aliphatic hydroxyl groups excluding tert-OH is 2. The maximum Gasteiger partial charge on any atom is 0.106 e. The molecule has 0 saturated heterocycles. The molecule has 0 aliphatic carbocycles. The second kappa shape index (κ2) is 6.10. The lowest BCUT2D eigenvalue weighted by molar-refractivity contribution is 0.0216. The number of aliphatic hydroxyl groups is 2. The molecular weight excluding hydrogens is 240 g/mol. The maximum absolute atomic E-state index is 9.86. The molecule has 2 rings (SSSR count). The average molecular weight is 254 g/mol. The van der Waals surface area contributed by atoms with Gasteiger partial charge < -0.3 is 10.2 Å². The van der Waals surface area contributed by atoms with Crippen LogP contribution in [0.5, 0.6) is 0 Å². The number of nitriles is 1. The van der Waals surface area contributed by atoms with E-state index in [1.807, 2.05) is 36.4 Å². The van der Waals surface area contributed by atoms with Crippen molar-refractivity contribution in [3.63, 3.8) is 0 Å². The zero-order chi connectivity index (χ0) is 13.7. The molecule has 4 heteroatoms. The van der Waals surface area contributed by atoms with Crippen molar-refractivity contribution in [3.05, 3.63) is 54.2 Å². The number of rotatable bonds is 4. The standard InChI is InChI=1S/C15H14N2O2/c16-9-8-14(18)15(19)12-6-4-11(5-7-12)13-3-1-2-10-17-13/h1-7,10,14-15,18-19H,8H2. The number of nitrogens with zero attached hydrogens (tertiary/aromatic N) is 2. The molecule has 0 aliphatic rings. The highest BCUT2D eigenvalue weighted by molar-refractivity contribution is 5.59. The minimum Gasteiger partial charge on any atom is -0.389 e. The molecule has 0 spiro atoms. The Bertz CT molecular complexity index is 561. The predicted octanol–water partition coefficient (Wildman–Crippen LogP) is 2.06. The van der Waals surface area contributed by atoms with Gasteiger partial charge in [-0.3, -0.25) is 4.98 Å². The van der Waals surface area contributed by atoms with Gasteiger partial charge in [-0.15, -0.1) is 0 Å². The van der Waals surface area contributed by atoms with E-state index in [2.05, 4.69) is 4.98 Å². The lowest BCUT2D eigenvalue weighted by atomic mass is 10.0. The van der Waals surface area contributed by atoms with E-state index >= 15 is 0 Å². The lowest BCUT2D eigenvalue weighted by Gasteiger charge is -2.15. The molecule has 0 aliphatic heterocycles.